The summed E-state index contributed by atoms with van der Waals surface area (Å²) in [7, 11) is 0. The van der Waals surface area contributed by atoms with Gasteiger partial charge in [0.2, 0.25) is 5.91 Å². The van der Waals surface area contributed by atoms with E-state index in [0.29, 0.717) is 24.5 Å². The summed E-state index contributed by atoms with van der Waals surface area (Å²) in [4.78, 5) is 11.9. The van der Waals surface area contributed by atoms with Gasteiger partial charge in [-0.05, 0) is 31.2 Å². The van der Waals surface area contributed by atoms with Crippen LogP contribution in [0.1, 0.15) is 31.2 Å². The van der Waals surface area contributed by atoms with Gasteiger partial charge in [0.1, 0.15) is 0 Å². The van der Waals surface area contributed by atoms with Gasteiger partial charge in [-0.1, -0.05) is 30.3 Å². The maximum atomic E-state index is 11.9. The van der Waals surface area contributed by atoms with E-state index < -0.39 is 0 Å². The summed E-state index contributed by atoms with van der Waals surface area (Å²) in [5.74, 6) is 0.782. The van der Waals surface area contributed by atoms with E-state index in [1.165, 1.54) is 5.56 Å². The van der Waals surface area contributed by atoms with Crippen LogP contribution in [-0.4, -0.2) is 24.7 Å². The van der Waals surface area contributed by atoms with Crippen LogP contribution in [-0.2, 0) is 16.0 Å². The molecule has 1 aromatic carbocycles. The van der Waals surface area contributed by atoms with Crippen molar-refractivity contribution in [3.05, 3.63) is 35.9 Å². The normalized spacial score (nSPS) is 28.5. The molecule has 2 fully saturated rings. The minimum Gasteiger partial charge on any atom is -0.378 e. The zero-order valence-electron chi connectivity index (χ0n) is 11.2. The molecule has 1 saturated carbocycles. The summed E-state index contributed by atoms with van der Waals surface area (Å²) in [6.07, 6.45) is 5.08. The molecule has 102 valence electrons. The maximum Gasteiger partial charge on any atom is 0.220 e. The molecule has 1 aliphatic heterocycles. The molecule has 19 heavy (non-hydrogen) atoms. The van der Waals surface area contributed by atoms with Crippen molar-refractivity contribution in [3.63, 3.8) is 0 Å². The van der Waals surface area contributed by atoms with E-state index >= 15 is 0 Å². The van der Waals surface area contributed by atoms with Crippen LogP contribution in [0.5, 0.6) is 0 Å². The van der Waals surface area contributed by atoms with Crippen LogP contribution >= 0.6 is 0 Å². The topological polar surface area (TPSA) is 38.3 Å². The van der Waals surface area contributed by atoms with Gasteiger partial charge < -0.3 is 10.1 Å². The fraction of sp³-hybridized carbons (Fsp3) is 0.562. The number of ether oxygens (including phenoxy) is 1. The van der Waals surface area contributed by atoms with Crippen molar-refractivity contribution in [2.75, 3.05) is 6.61 Å². The number of hydrogen-bond acceptors (Lipinski definition) is 2. The van der Waals surface area contributed by atoms with Gasteiger partial charge in [0, 0.05) is 25.0 Å². The van der Waals surface area contributed by atoms with E-state index in [0.717, 1.165) is 32.3 Å². The van der Waals surface area contributed by atoms with Gasteiger partial charge >= 0.3 is 0 Å². The van der Waals surface area contributed by atoms with E-state index in [2.05, 4.69) is 17.4 Å². The molecule has 3 nitrogen and oxygen atoms in total. The first-order valence-corrected chi connectivity index (χ1v) is 7.28. The lowest BCUT2D eigenvalue weighted by Gasteiger charge is -2.39. The fourth-order valence-electron chi connectivity index (χ4n) is 3.14. The molecule has 3 rings (SSSR count). The number of carbonyl (C=O) groups is 1. The number of benzene rings is 1. The smallest absolute Gasteiger partial charge is 0.220 e. The summed E-state index contributed by atoms with van der Waals surface area (Å²) < 4.78 is 5.55. The Morgan fingerprint density at radius 1 is 1.32 bits per heavy atom. The molecule has 1 heterocycles. The molecule has 1 N–H and O–H groups in total. The molecule has 3 atom stereocenters. The molecule has 2 aliphatic rings. The average Bonchev–Trinajstić information content (AvgIpc) is 2.79. The molecule has 1 amide bonds. The molecule has 0 unspecified atom stereocenters. The number of fused-ring (bicyclic) bond motifs is 1. The van der Waals surface area contributed by atoms with Crippen LogP contribution in [0.2, 0.25) is 0 Å². The summed E-state index contributed by atoms with van der Waals surface area (Å²) in [6, 6.07) is 10.7. The maximum absolute atomic E-state index is 11.9. The van der Waals surface area contributed by atoms with Crippen molar-refractivity contribution in [2.24, 2.45) is 5.92 Å². The van der Waals surface area contributed by atoms with Gasteiger partial charge in [-0.25, -0.2) is 0 Å². The predicted octanol–water partition coefficient (Wildman–Crippen LogP) is 2.30. The largest absolute Gasteiger partial charge is 0.378 e. The number of carbonyl (C=O) groups excluding carboxylic acids is 1. The molecular formula is C16H21NO2. The molecule has 3 heteroatoms. The summed E-state index contributed by atoms with van der Waals surface area (Å²) in [5.41, 5.74) is 1.31. The predicted molar refractivity (Wildman–Crippen MR) is 73.8 cm³/mol. The van der Waals surface area contributed by atoms with Crippen molar-refractivity contribution in [1.29, 1.82) is 0 Å². The summed E-state index contributed by atoms with van der Waals surface area (Å²) >= 11 is 0. The second kappa shape index (κ2) is 5.74. The summed E-state index contributed by atoms with van der Waals surface area (Å²) in [5, 5.41) is 3.16. The van der Waals surface area contributed by atoms with Crippen molar-refractivity contribution in [2.45, 2.75) is 44.2 Å². The second-order valence-corrected chi connectivity index (χ2v) is 5.61. The lowest BCUT2D eigenvalue weighted by molar-refractivity contribution is -0.124. The molecular weight excluding hydrogens is 238 g/mol. The van der Waals surface area contributed by atoms with Gasteiger partial charge in [-0.3, -0.25) is 4.79 Å². The van der Waals surface area contributed by atoms with Gasteiger partial charge in [0.05, 0.1) is 6.10 Å². The monoisotopic (exact) mass is 259 g/mol. The number of aryl methyl sites for hydroxylation is 1. The van der Waals surface area contributed by atoms with E-state index in [1.807, 2.05) is 18.2 Å². The first-order valence-electron chi connectivity index (χ1n) is 7.28. The van der Waals surface area contributed by atoms with Crippen LogP contribution in [0.3, 0.4) is 0 Å². The quantitative estimate of drug-likeness (QED) is 0.881. The minimum atomic E-state index is 0.200. The van der Waals surface area contributed by atoms with E-state index in [-0.39, 0.29) is 5.91 Å². The zero-order chi connectivity index (χ0) is 13.1. The minimum absolute atomic E-state index is 0.200. The van der Waals surface area contributed by atoms with Gasteiger partial charge in [-0.2, -0.15) is 0 Å². The third-order valence-electron chi connectivity index (χ3n) is 4.32. The highest BCUT2D eigenvalue weighted by molar-refractivity contribution is 5.76. The van der Waals surface area contributed by atoms with Crippen LogP contribution in [0.15, 0.2) is 30.3 Å². The Bertz CT molecular complexity index is 432. The van der Waals surface area contributed by atoms with Crippen LogP contribution < -0.4 is 5.32 Å². The van der Waals surface area contributed by atoms with Gasteiger partial charge in [0.15, 0.2) is 0 Å². The van der Waals surface area contributed by atoms with Crippen molar-refractivity contribution in [3.8, 4) is 0 Å². The molecule has 0 spiro atoms. The first kappa shape index (κ1) is 12.7. The van der Waals surface area contributed by atoms with Crippen LogP contribution in [0.4, 0.5) is 0 Å². The molecule has 1 aliphatic carbocycles. The highest BCUT2D eigenvalue weighted by Gasteiger charge is 2.45. The number of hydrogen-bond donors (Lipinski definition) is 1. The molecule has 1 aromatic rings. The average molecular weight is 259 g/mol. The number of rotatable bonds is 5. The molecule has 0 bridgehead atoms. The Morgan fingerprint density at radius 2 is 2.16 bits per heavy atom. The van der Waals surface area contributed by atoms with Gasteiger partial charge in [0.25, 0.3) is 0 Å². The zero-order valence-corrected chi connectivity index (χ0v) is 11.2. The van der Waals surface area contributed by atoms with Crippen molar-refractivity contribution < 1.29 is 9.53 Å². The number of nitrogens with one attached hydrogen (secondary N) is 1. The highest BCUT2D eigenvalue weighted by atomic mass is 16.5. The Hall–Kier alpha value is -1.35. The van der Waals surface area contributed by atoms with E-state index in [9.17, 15) is 4.79 Å². The fourth-order valence-corrected chi connectivity index (χ4v) is 3.14. The number of amides is 1. The van der Waals surface area contributed by atoms with Crippen molar-refractivity contribution >= 4 is 5.91 Å². The molecule has 0 radical (unpaired) electrons. The molecule has 1 saturated heterocycles. The van der Waals surface area contributed by atoms with Crippen molar-refractivity contribution in [1.82, 2.24) is 5.32 Å². The Morgan fingerprint density at radius 3 is 2.95 bits per heavy atom. The lowest BCUT2D eigenvalue weighted by atomic mass is 9.76. The SMILES string of the molecule is O=C(CCCc1ccccc1)N[C@@H]1C[C@H]2OCC[C@@H]12. The van der Waals surface area contributed by atoms with E-state index in [4.69, 9.17) is 4.74 Å². The van der Waals surface area contributed by atoms with Crippen LogP contribution in [0.25, 0.3) is 0 Å². The third-order valence-corrected chi connectivity index (χ3v) is 4.32. The first-order chi connectivity index (χ1) is 9.33. The lowest BCUT2D eigenvalue weighted by Crippen LogP contribution is -2.53. The van der Waals surface area contributed by atoms with E-state index in [1.54, 1.807) is 0 Å². The second-order valence-electron chi connectivity index (χ2n) is 5.61. The molecule has 0 aromatic heterocycles. The van der Waals surface area contributed by atoms with Gasteiger partial charge in [-0.15, -0.1) is 0 Å². The Labute approximate surface area is 114 Å². The summed E-state index contributed by atoms with van der Waals surface area (Å²) in [6.45, 7) is 0.871. The third kappa shape index (κ3) is 2.98. The highest BCUT2D eigenvalue weighted by Crippen LogP contribution is 2.38. The Balaban J connectivity index is 1.36. The Kier molecular flexibility index (Phi) is 3.83. The standard InChI is InChI=1S/C16H21NO2/c18-16(8-4-7-12-5-2-1-3-6-12)17-14-11-15-13(14)9-10-19-15/h1-3,5-6,13-15H,4,7-11H2,(H,17,18)/t13-,14+,15+/m0/s1. The van der Waals surface area contributed by atoms with Crippen LogP contribution in [0, 0.1) is 5.92 Å².